The molecule has 0 aliphatic heterocycles. The van der Waals surface area contributed by atoms with Crippen molar-refractivity contribution in [2.75, 3.05) is 12.4 Å². The van der Waals surface area contributed by atoms with Crippen molar-refractivity contribution in [1.82, 2.24) is 0 Å². The van der Waals surface area contributed by atoms with Crippen LogP contribution in [0.25, 0.3) is 0 Å². The summed E-state index contributed by atoms with van der Waals surface area (Å²) in [6.45, 7) is 0. The zero-order valence-corrected chi connectivity index (χ0v) is 18.5. The fraction of sp³-hybridized carbons (Fsp3) is 0.107. The van der Waals surface area contributed by atoms with Crippen molar-refractivity contribution < 1.29 is 9.53 Å². The molecule has 4 heteroatoms. The largest absolute Gasteiger partial charge is 0.497 e. The van der Waals surface area contributed by atoms with Gasteiger partial charge in [0.15, 0.2) is 0 Å². The van der Waals surface area contributed by atoms with E-state index >= 15 is 0 Å². The molecule has 0 aliphatic rings. The molecular weight excluding hydrogens is 418 g/mol. The van der Waals surface area contributed by atoms with Gasteiger partial charge in [-0.3, -0.25) is 4.79 Å². The smallest absolute Gasteiger partial charge is 0.239 e. The Kier molecular flexibility index (Phi) is 6.58. The van der Waals surface area contributed by atoms with Crippen LogP contribution in [0.3, 0.4) is 0 Å². The van der Waals surface area contributed by atoms with Crippen molar-refractivity contribution in [3.05, 3.63) is 131 Å². The molecule has 4 rings (SSSR count). The Balaban J connectivity index is 1.84. The zero-order valence-electron chi connectivity index (χ0n) is 17.8. The van der Waals surface area contributed by atoms with Crippen LogP contribution in [0.2, 0.25) is 5.02 Å². The zero-order chi connectivity index (χ0) is 22.4. The Bertz CT molecular complexity index is 1120. The van der Waals surface area contributed by atoms with Crippen molar-refractivity contribution >= 4 is 23.2 Å². The molecule has 32 heavy (non-hydrogen) atoms. The van der Waals surface area contributed by atoms with Crippen LogP contribution in [0.5, 0.6) is 5.75 Å². The van der Waals surface area contributed by atoms with Gasteiger partial charge in [0, 0.05) is 10.7 Å². The molecular formula is C28H24ClNO2. The van der Waals surface area contributed by atoms with Gasteiger partial charge in [-0.05, 0) is 59.5 Å². The highest BCUT2D eigenvalue weighted by atomic mass is 35.5. The summed E-state index contributed by atoms with van der Waals surface area (Å²) in [6, 6.07) is 34.9. The quantitative estimate of drug-likeness (QED) is 0.354. The lowest BCUT2D eigenvalue weighted by Crippen LogP contribution is -2.43. The van der Waals surface area contributed by atoms with Gasteiger partial charge in [-0.2, -0.15) is 0 Å². The first-order valence-corrected chi connectivity index (χ1v) is 10.8. The highest BCUT2D eigenvalue weighted by Gasteiger charge is 2.42. The lowest BCUT2D eigenvalue weighted by atomic mass is 9.69. The maximum atomic E-state index is 14.1. The second-order valence-corrected chi connectivity index (χ2v) is 8.06. The van der Waals surface area contributed by atoms with Crippen molar-refractivity contribution in [2.24, 2.45) is 0 Å². The molecule has 0 aliphatic carbocycles. The molecule has 4 aromatic rings. The molecule has 4 aromatic carbocycles. The maximum absolute atomic E-state index is 14.1. The Morgan fingerprint density at radius 1 is 0.781 bits per heavy atom. The number of carbonyl (C=O) groups excluding carboxylic acids is 1. The number of methoxy groups -OCH3 is 1. The van der Waals surface area contributed by atoms with Gasteiger partial charge in [-0.1, -0.05) is 84.4 Å². The second kappa shape index (κ2) is 9.71. The molecule has 3 nitrogen and oxygen atoms in total. The number of halogens is 1. The number of carbonyl (C=O) groups is 1. The van der Waals surface area contributed by atoms with Crippen molar-refractivity contribution in [3.63, 3.8) is 0 Å². The fourth-order valence-electron chi connectivity index (χ4n) is 3.98. The van der Waals surface area contributed by atoms with E-state index in [1.54, 1.807) is 7.11 Å². The van der Waals surface area contributed by atoms with E-state index in [1.807, 2.05) is 109 Å². The summed E-state index contributed by atoms with van der Waals surface area (Å²) in [5.41, 5.74) is 2.64. The van der Waals surface area contributed by atoms with Gasteiger partial charge in [0.2, 0.25) is 5.91 Å². The van der Waals surface area contributed by atoms with Crippen molar-refractivity contribution in [1.29, 1.82) is 0 Å². The van der Waals surface area contributed by atoms with Gasteiger partial charge >= 0.3 is 0 Å². The summed E-state index contributed by atoms with van der Waals surface area (Å²) in [7, 11) is 1.62. The summed E-state index contributed by atoms with van der Waals surface area (Å²) >= 11 is 6.12. The Labute approximate surface area is 193 Å². The first kappa shape index (κ1) is 21.7. The van der Waals surface area contributed by atoms with Crippen molar-refractivity contribution in [3.8, 4) is 5.75 Å². The van der Waals surface area contributed by atoms with E-state index < -0.39 is 5.41 Å². The van der Waals surface area contributed by atoms with E-state index in [9.17, 15) is 4.79 Å². The third kappa shape index (κ3) is 4.53. The van der Waals surface area contributed by atoms with Gasteiger partial charge in [0.05, 0.1) is 7.11 Å². The van der Waals surface area contributed by atoms with Gasteiger partial charge in [-0.25, -0.2) is 0 Å². The molecule has 0 fully saturated rings. The Hall–Kier alpha value is -3.56. The monoisotopic (exact) mass is 441 g/mol. The Morgan fingerprint density at radius 3 is 1.81 bits per heavy atom. The first-order valence-electron chi connectivity index (χ1n) is 10.4. The second-order valence-electron chi connectivity index (χ2n) is 7.62. The molecule has 160 valence electrons. The molecule has 1 amide bonds. The maximum Gasteiger partial charge on any atom is 0.239 e. The summed E-state index contributed by atoms with van der Waals surface area (Å²) in [5.74, 6) is 0.636. The van der Waals surface area contributed by atoms with Gasteiger partial charge in [0.1, 0.15) is 11.2 Å². The van der Waals surface area contributed by atoms with Crippen LogP contribution in [0.1, 0.15) is 16.7 Å². The molecule has 0 radical (unpaired) electrons. The molecule has 0 saturated carbocycles. The van der Waals surface area contributed by atoms with E-state index in [-0.39, 0.29) is 5.91 Å². The first-order chi connectivity index (χ1) is 15.6. The lowest BCUT2D eigenvalue weighted by molar-refractivity contribution is -0.120. The number of hydrogen-bond acceptors (Lipinski definition) is 2. The molecule has 0 bridgehead atoms. The molecule has 0 atom stereocenters. The highest BCUT2D eigenvalue weighted by Crippen LogP contribution is 2.37. The number of ether oxygens (including phenoxy) is 1. The van der Waals surface area contributed by atoms with Gasteiger partial charge < -0.3 is 10.1 Å². The third-order valence-corrected chi connectivity index (χ3v) is 5.90. The minimum atomic E-state index is -0.934. The predicted molar refractivity (Wildman–Crippen MR) is 130 cm³/mol. The molecule has 0 spiro atoms. The number of anilines is 1. The van der Waals surface area contributed by atoms with E-state index in [4.69, 9.17) is 16.3 Å². The number of benzene rings is 4. The SMILES string of the molecule is COc1ccc(NC(=O)C(Cc2ccc(Cl)cc2)(c2ccccc2)c2ccccc2)cc1. The fourth-order valence-corrected chi connectivity index (χ4v) is 4.11. The number of nitrogens with one attached hydrogen (secondary N) is 1. The van der Waals surface area contributed by atoms with E-state index in [0.717, 1.165) is 22.4 Å². The minimum absolute atomic E-state index is 0.102. The molecule has 0 heterocycles. The summed E-state index contributed by atoms with van der Waals surface area (Å²) in [4.78, 5) is 14.1. The van der Waals surface area contributed by atoms with Crippen molar-refractivity contribution in [2.45, 2.75) is 11.8 Å². The van der Waals surface area contributed by atoms with Crippen LogP contribution in [0.15, 0.2) is 109 Å². The van der Waals surface area contributed by atoms with E-state index in [2.05, 4.69) is 5.32 Å². The highest BCUT2D eigenvalue weighted by molar-refractivity contribution is 6.30. The van der Waals surface area contributed by atoms with E-state index in [0.29, 0.717) is 17.1 Å². The topological polar surface area (TPSA) is 38.3 Å². The molecule has 0 aromatic heterocycles. The summed E-state index contributed by atoms with van der Waals surface area (Å²) in [5, 5.41) is 3.81. The van der Waals surface area contributed by atoms with Crippen LogP contribution in [0.4, 0.5) is 5.69 Å². The Morgan fingerprint density at radius 2 is 1.31 bits per heavy atom. The van der Waals surface area contributed by atoms with Gasteiger partial charge in [-0.15, -0.1) is 0 Å². The standard InChI is InChI=1S/C28H24ClNO2/c1-32-26-18-16-25(17-19-26)30-27(31)28(22-8-4-2-5-9-22,23-10-6-3-7-11-23)20-21-12-14-24(29)15-13-21/h2-19H,20H2,1H3,(H,30,31). The summed E-state index contributed by atoms with van der Waals surface area (Å²) in [6.07, 6.45) is 0.486. The number of rotatable bonds is 7. The average molecular weight is 442 g/mol. The lowest BCUT2D eigenvalue weighted by Gasteiger charge is -2.34. The van der Waals surface area contributed by atoms with E-state index in [1.165, 1.54) is 0 Å². The van der Waals surface area contributed by atoms with Crippen LogP contribution >= 0.6 is 11.6 Å². The van der Waals surface area contributed by atoms with Gasteiger partial charge in [0.25, 0.3) is 0 Å². The third-order valence-electron chi connectivity index (χ3n) is 5.65. The molecule has 0 unspecified atom stereocenters. The van der Waals surface area contributed by atoms with Crippen LogP contribution in [0, 0.1) is 0 Å². The number of hydrogen-bond donors (Lipinski definition) is 1. The summed E-state index contributed by atoms with van der Waals surface area (Å²) < 4.78 is 5.25. The normalized spacial score (nSPS) is 11.1. The van der Waals surface area contributed by atoms with Crippen LogP contribution in [-0.4, -0.2) is 13.0 Å². The predicted octanol–water partition coefficient (Wildman–Crippen LogP) is 6.52. The molecule has 1 N–H and O–H groups in total. The number of amides is 1. The minimum Gasteiger partial charge on any atom is -0.497 e. The van der Waals surface area contributed by atoms with Crippen LogP contribution < -0.4 is 10.1 Å². The molecule has 0 saturated heterocycles. The van der Waals surface area contributed by atoms with Crippen LogP contribution in [-0.2, 0) is 16.6 Å². The average Bonchev–Trinajstić information content (AvgIpc) is 2.85.